The molecule has 1 saturated heterocycles. The fourth-order valence-corrected chi connectivity index (χ4v) is 2.87. The van der Waals surface area contributed by atoms with E-state index in [0.29, 0.717) is 6.04 Å². The average molecular weight is 255 g/mol. The van der Waals surface area contributed by atoms with Crippen molar-refractivity contribution in [2.75, 3.05) is 24.5 Å². The van der Waals surface area contributed by atoms with Crippen molar-refractivity contribution in [2.24, 2.45) is 0 Å². The van der Waals surface area contributed by atoms with Crippen molar-refractivity contribution in [1.29, 1.82) is 0 Å². The van der Waals surface area contributed by atoms with Gasteiger partial charge in [0.1, 0.15) is 0 Å². The van der Waals surface area contributed by atoms with Gasteiger partial charge in [0.2, 0.25) is 0 Å². The van der Waals surface area contributed by atoms with Crippen molar-refractivity contribution in [3.63, 3.8) is 0 Å². The fourth-order valence-electron chi connectivity index (χ4n) is 2.87. The first-order valence-electron chi connectivity index (χ1n) is 7.19. The van der Waals surface area contributed by atoms with Crippen LogP contribution in [0.2, 0.25) is 0 Å². The number of hydrogen-bond donors (Lipinski definition) is 1. The van der Waals surface area contributed by atoms with E-state index in [0.717, 1.165) is 19.6 Å². The Labute approximate surface area is 114 Å². The molecule has 0 aliphatic carbocycles. The van der Waals surface area contributed by atoms with Gasteiger partial charge >= 0.3 is 0 Å². The topological polar surface area (TPSA) is 28.2 Å². The molecule has 0 radical (unpaired) electrons. The minimum absolute atomic E-state index is 0.631. The van der Waals surface area contributed by atoms with E-state index in [1.165, 1.54) is 29.3 Å². The molecule has 2 heterocycles. The summed E-state index contributed by atoms with van der Waals surface area (Å²) in [6.45, 7) is 5.58. The predicted octanol–water partition coefficient (Wildman–Crippen LogP) is 2.81. The third kappa shape index (κ3) is 2.56. The molecule has 1 unspecified atom stereocenters. The minimum Gasteiger partial charge on any atom is -0.369 e. The normalized spacial score (nSPS) is 19.2. The summed E-state index contributed by atoms with van der Waals surface area (Å²) < 4.78 is 0. The molecule has 1 fully saturated rings. The third-order valence-electron chi connectivity index (χ3n) is 3.87. The highest BCUT2D eigenvalue weighted by Gasteiger charge is 2.22. The second kappa shape index (κ2) is 5.57. The number of pyridine rings is 1. The standard InChI is InChI=1S/C16H21N3/c1-2-8-18-14-7-10-19(12-14)16-5-3-4-13-6-9-17-11-15(13)16/h3-6,9,11,14,18H,2,7-8,10,12H2,1H3. The van der Waals surface area contributed by atoms with E-state index in [4.69, 9.17) is 0 Å². The Morgan fingerprint density at radius 1 is 1.37 bits per heavy atom. The SMILES string of the molecule is CCCNC1CCN(c2cccc3ccncc23)C1. The summed E-state index contributed by atoms with van der Waals surface area (Å²) in [6.07, 6.45) is 6.28. The van der Waals surface area contributed by atoms with Crippen LogP contribution in [0.3, 0.4) is 0 Å². The molecule has 3 nitrogen and oxygen atoms in total. The quantitative estimate of drug-likeness (QED) is 0.910. The van der Waals surface area contributed by atoms with Crippen LogP contribution in [-0.4, -0.2) is 30.7 Å². The minimum atomic E-state index is 0.631. The number of fused-ring (bicyclic) bond motifs is 1. The van der Waals surface area contributed by atoms with Gasteiger partial charge < -0.3 is 10.2 Å². The maximum atomic E-state index is 4.27. The summed E-state index contributed by atoms with van der Waals surface area (Å²) in [6, 6.07) is 9.23. The second-order valence-corrected chi connectivity index (χ2v) is 5.26. The molecule has 100 valence electrons. The zero-order valence-electron chi connectivity index (χ0n) is 11.5. The van der Waals surface area contributed by atoms with Gasteiger partial charge in [-0.3, -0.25) is 4.98 Å². The lowest BCUT2D eigenvalue weighted by Gasteiger charge is -2.20. The van der Waals surface area contributed by atoms with Gasteiger partial charge in [-0.2, -0.15) is 0 Å². The highest BCUT2D eigenvalue weighted by molar-refractivity contribution is 5.93. The molecule has 0 bridgehead atoms. The van der Waals surface area contributed by atoms with Gasteiger partial charge in [0.05, 0.1) is 0 Å². The van der Waals surface area contributed by atoms with Crippen molar-refractivity contribution in [3.8, 4) is 0 Å². The number of aromatic nitrogens is 1. The number of benzene rings is 1. The lowest BCUT2D eigenvalue weighted by atomic mass is 10.1. The Bertz CT molecular complexity index is 547. The van der Waals surface area contributed by atoms with Gasteiger partial charge in [-0.05, 0) is 36.9 Å². The molecule has 1 atom stereocenters. The Balaban J connectivity index is 1.82. The Kier molecular flexibility index (Phi) is 3.65. The summed E-state index contributed by atoms with van der Waals surface area (Å²) in [7, 11) is 0. The van der Waals surface area contributed by atoms with Crippen molar-refractivity contribution in [1.82, 2.24) is 10.3 Å². The number of nitrogens with zero attached hydrogens (tertiary/aromatic N) is 2. The lowest BCUT2D eigenvalue weighted by Crippen LogP contribution is -2.32. The summed E-state index contributed by atoms with van der Waals surface area (Å²) in [5, 5.41) is 6.16. The summed E-state index contributed by atoms with van der Waals surface area (Å²) in [4.78, 5) is 6.75. The van der Waals surface area contributed by atoms with Gasteiger partial charge in [0.25, 0.3) is 0 Å². The predicted molar refractivity (Wildman–Crippen MR) is 80.7 cm³/mol. The van der Waals surface area contributed by atoms with E-state index in [1.54, 1.807) is 0 Å². The van der Waals surface area contributed by atoms with E-state index in [-0.39, 0.29) is 0 Å². The smallest absolute Gasteiger partial charge is 0.0462 e. The molecule has 3 heteroatoms. The van der Waals surface area contributed by atoms with Crippen LogP contribution in [0.15, 0.2) is 36.7 Å². The maximum Gasteiger partial charge on any atom is 0.0462 e. The summed E-state index contributed by atoms with van der Waals surface area (Å²) in [5.74, 6) is 0. The highest BCUT2D eigenvalue weighted by Crippen LogP contribution is 2.28. The van der Waals surface area contributed by atoms with Gasteiger partial charge in [0.15, 0.2) is 0 Å². The van der Waals surface area contributed by atoms with E-state index in [1.807, 2.05) is 12.4 Å². The molecule has 0 spiro atoms. The number of hydrogen-bond acceptors (Lipinski definition) is 3. The Morgan fingerprint density at radius 2 is 2.32 bits per heavy atom. The number of nitrogens with one attached hydrogen (secondary N) is 1. The molecule has 0 saturated carbocycles. The van der Waals surface area contributed by atoms with Crippen molar-refractivity contribution in [2.45, 2.75) is 25.8 Å². The van der Waals surface area contributed by atoms with Crippen LogP contribution < -0.4 is 10.2 Å². The van der Waals surface area contributed by atoms with E-state index in [2.05, 4.69) is 46.4 Å². The summed E-state index contributed by atoms with van der Waals surface area (Å²) in [5.41, 5.74) is 1.33. The van der Waals surface area contributed by atoms with Crippen LogP contribution in [-0.2, 0) is 0 Å². The van der Waals surface area contributed by atoms with Crippen molar-refractivity contribution >= 4 is 16.5 Å². The van der Waals surface area contributed by atoms with Crippen LogP contribution >= 0.6 is 0 Å². The van der Waals surface area contributed by atoms with E-state index < -0.39 is 0 Å². The molecule has 3 rings (SSSR count). The molecular formula is C16H21N3. The lowest BCUT2D eigenvalue weighted by molar-refractivity contribution is 0.549. The van der Waals surface area contributed by atoms with Crippen LogP contribution in [0, 0.1) is 0 Å². The van der Waals surface area contributed by atoms with Crippen LogP contribution in [0.5, 0.6) is 0 Å². The van der Waals surface area contributed by atoms with Crippen LogP contribution in [0.4, 0.5) is 5.69 Å². The van der Waals surface area contributed by atoms with Gasteiger partial charge in [-0.15, -0.1) is 0 Å². The first-order valence-corrected chi connectivity index (χ1v) is 7.19. The molecular weight excluding hydrogens is 234 g/mol. The fraction of sp³-hybridized carbons (Fsp3) is 0.438. The van der Waals surface area contributed by atoms with Crippen molar-refractivity contribution in [3.05, 3.63) is 36.7 Å². The first kappa shape index (κ1) is 12.4. The average Bonchev–Trinajstić information content (AvgIpc) is 2.93. The monoisotopic (exact) mass is 255 g/mol. The first-order chi connectivity index (χ1) is 9.38. The molecule has 1 N–H and O–H groups in total. The molecule has 0 amide bonds. The zero-order valence-corrected chi connectivity index (χ0v) is 11.5. The van der Waals surface area contributed by atoms with Crippen LogP contribution in [0.1, 0.15) is 19.8 Å². The Hall–Kier alpha value is -1.61. The molecule has 1 aliphatic rings. The van der Waals surface area contributed by atoms with Gasteiger partial charge in [0, 0.05) is 42.6 Å². The summed E-state index contributed by atoms with van der Waals surface area (Å²) >= 11 is 0. The zero-order chi connectivity index (χ0) is 13.1. The molecule has 1 aliphatic heterocycles. The van der Waals surface area contributed by atoms with Crippen LogP contribution in [0.25, 0.3) is 10.8 Å². The van der Waals surface area contributed by atoms with E-state index >= 15 is 0 Å². The molecule has 2 aromatic rings. The Morgan fingerprint density at radius 3 is 3.21 bits per heavy atom. The third-order valence-corrected chi connectivity index (χ3v) is 3.87. The number of anilines is 1. The van der Waals surface area contributed by atoms with Gasteiger partial charge in [-0.1, -0.05) is 19.1 Å². The number of rotatable bonds is 4. The maximum absolute atomic E-state index is 4.27. The molecule has 1 aromatic carbocycles. The van der Waals surface area contributed by atoms with Crippen molar-refractivity contribution < 1.29 is 0 Å². The molecule has 1 aromatic heterocycles. The van der Waals surface area contributed by atoms with Gasteiger partial charge in [-0.25, -0.2) is 0 Å². The largest absolute Gasteiger partial charge is 0.369 e. The molecule has 19 heavy (non-hydrogen) atoms. The second-order valence-electron chi connectivity index (χ2n) is 5.26. The highest BCUT2D eigenvalue weighted by atomic mass is 15.2. The van der Waals surface area contributed by atoms with E-state index in [9.17, 15) is 0 Å².